The van der Waals surface area contributed by atoms with Gasteiger partial charge in [-0.3, -0.25) is 14.5 Å². The molecule has 2 aromatic carbocycles. The smallest absolute Gasteiger partial charge is 0.297 e. The van der Waals surface area contributed by atoms with Gasteiger partial charge in [0.25, 0.3) is 5.91 Å². The van der Waals surface area contributed by atoms with Crippen LogP contribution in [-0.4, -0.2) is 16.1 Å². The number of hydrogen-bond donors (Lipinski definition) is 0. The molecule has 0 aliphatic carbocycles. The summed E-state index contributed by atoms with van der Waals surface area (Å²) in [5.74, 6) is -0.933. The molecule has 9 heteroatoms. The lowest BCUT2D eigenvalue weighted by Crippen LogP contribution is -2.29. The molecule has 28 heavy (non-hydrogen) atoms. The van der Waals surface area contributed by atoms with E-state index in [4.69, 9.17) is 4.42 Å². The second-order valence-electron chi connectivity index (χ2n) is 6.17. The number of benzene rings is 2. The highest BCUT2D eigenvalue weighted by Crippen LogP contribution is 2.41. The van der Waals surface area contributed by atoms with Gasteiger partial charge >= 0.3 is 0 Å². The van der Waals surface area contributed by atoms with E-state index in [0.29, 0.717) is 21.7 Å². The van der Waals surface area contributed by atoms with E-state index in [9.17, 15) is 14.0 Å². The minimum Gasteiger partial charge on any atom is -0.450 e. The number of carbonyl (C=O) groups excluding carboxylic acids is 1. The van der Waals surface area contributed by atoms with E-state index in [2.05, 4.69) is 26.1 Å². The van der Waals surface area contributed by atoms with Crippen molar-refractivity contribution in [3.05, 3.63) is 85.4 Å². The van der Waals surface area contributed by atoms with Crippen molar-refractivity contribution in [3.8, 4) is 0 Å². The summed E-state index contributed by atoms with van der Waals surface area (Å²) in [6.07, 6.45) is 0. The van der Waals surface area contributed by atoms with Gasteiger partial charge in [-0.05, 0) is 35.9 Å². The number of nitrogens with zero attached hydrogens (tertiary/aromatic N) is 3. The zero-order chi connectivity index (χ0) is 19.4. The van der Waals surface area contributed by atoms with Crippen LogP contribution < -0.4 is 10.3 Å². The molecule has 6 nitrogen and oxygen atoms in total. The van der Waals surface area contributed by atoms with Gasteiger partial charge in [-0.15, -0.1) is 10.2 Å². The summed E-state index contributed by atoms with van der Waals surface area (Å²) in [5, 5.41) is 8.46. The van der Waals surface area contributed by atoms with Gasteiger partial charge in [0.2, 0.25) is 10.9 Å². The van der Waals surface area contributed by atoms with Gasteiger partial charge in [-0.25, -0.2) is 4.39 Å². The molecule has 1 unspecified atom stereocenters. The van der Waals surface area contributed by atoms with E-state index in [0.717, 1.165) is 4.47 Å². The average Bonchev–Trinajstić information content (AvgIpc) is 3.30. The van der Waals surface area contributed by atoms with E-state index >= 15 is 0 Å². The van der Waals surface area contributed by atoms with Crippen LogP contribution in [0.1, 0.15) is 27.7 Å². The van der Waals surface area contributed by atoms with Crippen molar-refractivity contribution in [1.29, 1.82) is 0 Å². The number of carbonyl (C=O) groups is 1. The lowest BCUT2D eigenvalue weighted by molar-refractivity contribution is 0.0970. The molecule has 0 N–H and O–H groups in total. The minimum absolute atomic E-state index is 0.0376. The van der Waals surface area contributed by atoms with E-state index in [1.54, 1.807) is 30.3 Å². The SMILES string of the molecule is O=C1c2oc3ccc(Br)cc3c(=O)c2C(c2ccc(F)cc2)N1c1nncs1. The fourth-order valence-electron chi connectivity index (χ4n) is 3.38. The Morgan fingerprint density at radius 1 is 1.14 bits per heavy atom. The third kappa shape index (κ3) is 2.50. The first-order chi connectivity index (χ1) is 13.5. The summed E-state index contributed by atoms with van der Waals surface area (Å²) in [6.45, 7) is 0. The molecule has 1 amide bonds. The Labute approximate surface area is 169 Å². The van der Waals surface area contributed by atoms with Crippen LogP contribution in [-0.2, 0) is 0 Å². The molecular weight excluding hydrogens is 449 g/mol. The van der Waals surface area contributed by atoms with E-state index in [-0.39, 0.29) is 16.8 Å². The standard InChI is InChI=1S/C19H9BrFN3O3S/c20-10-3-6-13-12(7-10)16(25)14-15(9-1-4-11(21)5-2-9)24(18(26)17(14)27-13)19-23-22-8-28-19/h1-8,15H. The quantitative estimate of drug-likeness (QED) is 0.448. The molecule has 5 rings (SSSR count). The molecule has 0 saturated heterocycles. The Morgan fingerprint density at radius 3 is 2.64 bits per heavy atom. The molecule has 4 aromatic rings. The fourth-order valence-corrected chi connectivity index (χ4v) is 4.32. The molecule has 0 fully saturated rings. The summed E-state index contributed by atoms with van der Waals surface area (Å²) < 4.78 is 20.0. The highest BCUT2D eigenvalue weighted by Gasteiger charge is 2.44. The van der Waals surface area contributed by atoms with E-state index in [1.807, 2.05) is 0 Å². The van der Waals surface area contributed by atoms with Crippen LogP contribution >= 0.6 is 27.3 Å². The second kappa shape index (κ2) is 6.32. The number of hydrogen-bond acceptors (Lipinski definition) is 6. The average molecular weight is 458 g/mol. The van der Waals surface area contributed by atoms with Gasteiger partial charge in [0, 0.05) is 4.47 Å². The van der Waals surface area contributed by atoms with Crippen LogP contribution in [0.5, 0.6) is 0 Å². The first-order valence-corrected chi connectivity index (χ1v) is 9.83. The highest BCUT2D eigenvalue weighted by atomic mass is 79.9. The number of amides is 1. The lowest BCUT2D eigenvalue weighted by atomic mass is 9.99. The fraction of sp³-hybridized carbons (Fsp3) is 0.0526. The minimum atomic E-state index is -0.782. The molecule has 2 aromatic heterocycles. The number of fused-ring (bicyclic) bond motifs is 2. The predicted octanol–water partition coefficient (Wildman–Crippen LogP) is 4.30. The van der Waals surface area contributed by atoms with Crippen molar-refractivity contribution in [1.82, 2.24) is 10.2 Å². The summed E-state index contributed by atoms with van der Waals surface area (Å²) in [4.78, 5) is 27.8. The summed E-state index contributed by atoms with van der Waals surface area (Å²) >= 11 is 4.52. The van der Waals surface area contributed by atoms with Crippen molar-refractivity contribution in [2.75, 3.05) is 4.90 Å². The van der Waals surface area contributed by atoms with Crippen LogP contribution in [0.3, 0.4) is 0 Å². The Bertz CT molecular complexity index is 1290. The number of anilines is 1. The third-order valence-corrected chi connectivity index (χ3v) is 5.75. The summed E-state index contributed by atoms with van der Waals surface area (Å²) in [6, 6.07) is 9.90. The van der Waals surface area contributed by atoms with Gasteiger partial charge in [-0.1, -0.05) is 39.4 Å². The van der Waals surface area contributed by atoms with Crippen molar-refractivity contribution in [2.45, 2.75) is 6.04 Å². The van der Waals surface area contributed by atoms with E-state index < -0.39 is 17.8 Å². The first-order valence-electron chi connectivity index (χ1n) is 8.16. The van der Waals surface area contributed by atoms with Crippen LogP contribution in [0.25, 0.3) is 11.0 Å². The number of aromatic nitrogens is 2. The number of halogens is 2. The maximum absolute atomic E-state index is 13.5. The van der Waals surface area contributed by atoms with Gasteiger partial charge in [-0.2, -0.15) is 0 Å². The number of rotatable bonds is 2. The zero-order valence-electron chi connectivity index (χ0n) is 13.9. The Balaban J connectivity index is 1.83. The molecule has 1 aliphatic heterocycles. The molecule has 0 bridgehead atoms. The highest BCUT2D eigenvalue weighted by molar-refractivity contribution is 9.10. The van der Waals surface area contributed by atoms with Gasteiger partial charge < -0.3 is 4.42 Å². The van der Waals surface area contributed by atoms with Crippen LogP contribution in [0.2, 0.25) is 0 Å². The molecule has 1 aliphatic rings. The zero-order valence-corrected chi connectivity index (χ0v) is 16.3. The topological polar surface area (TPSA) is 76.3 Å². The first kappa shape index (κ1) is 17.2. The maximum Gasteiger partial charge on any atom is 0.297 e. The van der Waals surface area contributed by atoms with Gasteiger partial charge in [0.1, 0.15) is 16.9 Å². The molecule has 3 heterocycles. The lowest BCUT2D eigenvalue weighted by Gasteiger charge is -2.21. The van der Waals surface area contributed by atoms with Crippen LogP contribution in [0.4, 0.5) is 9.52 Å². The summed E-state index contributed by atoms with van der Waals surface area (Å²) in [5.41, 5.74) is 2.28. The normalized spacial score (nSPS) is 16.0. The Hall–Kier alpha value is -2.91. The van der Waals surface area contributed by atoms with Crippen molar-refractivity contribution in [2.24, 2.45) is 0 Å². The predicted molar refractivity (Wildman–Crippen MR) is 105 cm³/mol. The Kier molecular flexibility index (Phi) is 3.88. The van der Waals surface area contributed by atoms with Crippen molar-refractivity contribution in [3.63, 3.8) is 0 Å². The monoisotopic (exact) mass is 457 g/mol. The summed E-state index contributed by atoms with van der Waals surface area (Å²) in [7, 11) is 0. The van der Waals surface area contributed by atoms with Crippen LogP contribution in [0.15, 0.2) is 61.7 Å². The third-order valence-electron chi connectivity index (χ3n) is 4.57. The molecular formula is C19H9BrFN3O3S. The molecule has 0 spiro atoms. The molecule has 1 atom stereocenters. The van der Waals surface area contributed by atoms with Gasteiger partial charge in [0.15, 0.2) is 5.43 Å². The molecule has 138 valence electrons. The Morgan fingerprint density at radius 2 is 1.93 bits per heavy atom. The van der Waals surface area contributed by atoms with E-state index in [1.165, 1.54) is 33.9 Å². The van der Waals surface area contributed by atoms with Crippen molar-refractivity contribution < 1.29 is 13.6 Å². The molecule has 0 saturated carbocycles. The van der Waals surface area contributed by atoms with Crippen molar-refractivity contribution >= 4 is 49.3 Å². The second-order valence-corrected chi connectivity index (χ2v) is 7.89. The molecule has 0 radical (unpaired) electrons. The maximum atomic E-state index is 13.5. The van der Waals surface area contributed by atoms with Gasteiger partial charge in [0.05, 0.1) is 17.0 Å². The largest absolute Gasteiger partial charge is 0.450 e. The van der Waals surface area contributed by atoms with Crippen LogP contribution in [0, 0.1) is 5.82 Å².